The van der Waals surface area contributed by atoms with Gasteiger partial charge >= 0.3 is 0 Å². The molecule has 2 aliphatic rings. The average molecular weight is 291 g/mol. The number of nitrogens with one attached hydrogen (secondary N) is 1. The topological polar surface area (TPSA) is 56.3 Å². The standard InChI is InChI=1S/C16H25N3O2/c1-16(2,3)15-17-10(9-20-4)7-14(19-15)18-12-8-11-5-6-13(12)21-11/h7,11-13H,5-6,8-9H2,1-4H3,(H,17,18,19). The summed E-state index contributed by atoms with van der Waals surface area (Å²) in [5, 5.41) is 3.55. The van der Waals surface area contributed by atoms with Crippen LogP contribution in [-0.4, -0.2) is 35.3 Å². The molecule has 2 aliphatic heterocycles. The van der Waals surface area contributed by atoms with Gasteiger partial charge in [-0.2, -0.15) is 0 Å². The van der Waals surface area contributed by atoms with Crippen molar-refractivity contribution in [1.29, 1.82) is 0 Å². The summed E-state index contributed by atoms with van der Waals surface area (Å²) in [7, 11) is 1.69. The molecule has 0 aromatic carbocycles. The van der Waals surface area contributed by atoms with Crippen LogP contribution < -0.4 is 5.32 Å². The van der Waals surface area contributed by atoms with E-state index in [1.165, 1.54) is 6.42 Å². The van der Waals surface area contributed by atoms with E-state index < -0.39 is 0 Å². The van der Waals surface area contributed by atoms with Crippen molar-refractivity contribution < 1.29 is 9.47 Å². The van der Waals surface area contributed by atoms with Crippen molar-refractivity contribution in [3.63, 3.8) is 0 Å². The normalized spacial score (nSPS) is 28.1. The minimum absolute atomic E-state index is 0.0780. The minimum Gasteiger partial charge on any atom is -0.378 e. The first kappa shape index (κ1) is 14.7. The van der Waals surface area contributed by atoms with E-state index in [4.69, 9.17) is 14.5 Å². The third kappa shape index (κ3) is 3.19. The van der Waals surface area contributed by atoms with E-state index in [1.54, 1.807) is 7.11 Å². The molecular formula is C16H25N3O2. The summed E-state index contributed by atoms with van der Waals surface area (Å²) in [6.45, 7) is 6.89. The Morgan fingerprint density at radius 3 is 2.71 bits per heavy atom. The molecule has 0 saturated carbocycles. The van der Waals surface area contributed by atoms with Crippen LogP contribution in [0.25, 0.3) is 0 Å². The number of hydrogen-bond donors (Lipinski definition) is 1. The summed E-state index contributed by atoms with van der Waals surface area (Å²) in [5.74, 6) is 1.74. The maximum absolute atomic E-state index is 5.90. The minimum atomic E-state index is -0.0780. The number of ether oxygens (including phenoxy) is 2. The van der Waals surface area contributed by atoms with Gasteiger partial charge in [-0.15, -0.1) is 0 Å². The van der Waals surface area contributed by atoms with Gasteiger partial charge in [0.1, 0.15) is 11.6 Å². The van der Waals surface area contributed by atoms with Crippen molar-refractivity contribution in [3.8, 4) is 0 Å². The summed E-state index contributed by atoms with van der Waals surface area (Å²) in [6.07, 6.45) is 4.22. The molecule has 1 aromatic heterocycles. The lowest BCUT2D eigenvalue weighted by molar-refractivity contribution is 0.102. The lowest BCUT2D eigenvalue weighted by Crippen LogP contribution is -2.31. The predicted molar refractivity (Wildman–Crippen MR) is 81.4 cm³/mol. The molecule has 0 spiro atoms. The molecule has 1 aromatic rings. The van der Waals surface area contributed by atoms with Gasteiger partial charge in [0.15, 0.2) is 0 Å². The second kappa shape index (κ2) is 5.54. The third-order valence-electron chi connectivity index (χ3n) is 4.18. The van der Waals surface area contributed by atoms with Crippen LogP contribution in [0.5, 0.6) is 0 Å². The van der Waals surface area contributed by atoms with Crippen molar-refractivity contribution in [1.82, 2.24) is 9.97 Å². The molecule has 116 valence electrons. The van der Waals surface area contributed by atoms with Gasteiger partial charge in [0, 0.05) is 18.6 Å². The zero-order valence-corrected chi connectivity index (χ0v) is 13.3. The Labute approximate surface area is 126 Å². The summed E-state index contributed by atoms with van der Waals surface area (Å²) in [6, 6.07) is 2.37. The zero-order valence-electron chi connectivity index (χ0n) is 13.3. The van der Waals surface area contributed by atoms with E-state index in [0.29, 0.717) is 24.9 Å². The van der Waals surface area contributed by atoms with Crippen LogP contribution in [0, 0.1) is 0 Å². The molecule has 1 N–H and O–H groups in total. The quantitative estimate of drug-likeness (QED) is 0.924. The van der Waals surface area contributed by atoms with E-state index in [2.05, 4.69) is 31.1 Å². The van der Waals surface area contributed by atoms with Crippen molar-refractivity contribution >= 4 is 5.82 Å². The maximum atomic E-state index is 5.90. The summed E-state index contributed by atoms with van der Waals surface area (Å²) >= 11 is 0. The monoisotopic (exact) mass is 291 g/mol. The molecule has 0 aliphatic carbocycles. The van der Waals surface area contributed by atoms with Gasteiger partial charge in [-0.05, 0) is 19.3 Å². The van der Waals surface area contributed by atoms with Gasteiger partial charge in [-0.1, -0.05) is 20.8 Å². The highest BCUT2D eigenvalue weighted by molar-refractivity contribution is 5.39. The zero-order chi connectivity index (χ0) is 15.0. The fourth-order valence-electron chi connectivity index (χ4n) is 3.11. The van der Waals surface area contributed by atoms with Crippen molar-refractivity contribution in [2.75, 3.05) is 12.4 Å². The molecule has 3 unspecified atom stereocenters. The molecule has 2 bridgehead atoms. The average Bonchev–Trinajstić information content (AvgIpc) is 3.00. The molecular weight excluding hydrogens is 266 g/mol. The van der Waals surface area contributed by atoms with Gasteiger partial charge in [0.05, 0.1) is 30.6 Å². The third-order valence-corrected chi connectivity index (χ3v) is 4.18. The van der Waals surface area contributed by atoms with E-state index in [-0.39, 0.29) is 5.41 Å². The fraction of sp³-hybridized carbons (Fsp3) is 0.750. The van der Waals surface area contributed by atoms with Gasteiger partial charge in [-0.3, -0.25) is 0 Å². The SMILES string of the molecule is COCc1cc(NC2CC3CCC2O3)nc(C(C)(C)C)n1. The number of hydrogen-bond acceptors (Lipinski definition) is 5. The molecule has 5 nitrogen and oxygen atoms in total. The number of fused-ring (bicyclic) bond motifs is 2. The number of nitrogens with zero attached hydrogens (tertiary/aromatic N) is 2. The fourth-order valence-corrected chi connectivity index (χ4v) is 3.11. The van der Waals surface area contributed by atoms with Crippen molar-refractivity contribution in [3.05, 3.63) is 17.6 Å². The molecule has 3 rings (SSSR count). The van der Waals surface area contributed by atoms with Crippen LogP contribution in [0.3, 0.4) is 0 Å². The van der Waals surface area contributed by atoms with Gasteiger partial charge in [0.25, 0.3) is 0 Å². The molecule has 5 heteroatoms. The van der Waals surface area contributed by atoms with Gasteiger partial charge in [0.2, 0.25) is 0 Å². The lowest BCUT2D eigenvalue weighted by Gasteiger charge is -2.23. The van der Waals surface area contributed by atoms with E-state index in [0.717, 1.165) is 30.2 Å². The molecule has 21 heavy (non-hydrogen) atoms. The van der Waals surface area contributed by atoms with E-state index in [9.17, 15) is 0 Å². The van der Waals surface area contributed by atoms with Crippen molar-refractivity contribution in [2.45, 2.75) is 70.3 Å². The Bertz CT molecular complexity index is 513. The van der Waals surface area contributed by atoms with Crippen molar-refractivity contribution in [2.24, 2.45) is 0 Å². The molecule has 2 fully saturated rings. The number of aromatic nitrogens is 2. The highest BCUT2D eigenvalue weighted by atomic mass is 16.5. The number of anilines is 1. The first-order valence-electron chi connectivity index (χ1n) is 7.75. The van der Waals surface area contributed by atoms with Crippen LogP contribution in [0.15, 0.2) is 6.07 Å². The first-order valence-corrected chi connectivity index (χ1v) is 7.75. The lowest BCUT2D eigenvalue weighted by atomic mass is 9.95. The van der Waals surface area contributed by atoms with Crippen LogP contribution in [0.4, 0.5) is 5.82 Å². The Hall–Kier alpha value is -1.20. The summed E-state index contributed by atoms with van der Waals surface area (Å²) < 4.78 is 11.1. The summed E-state index contributed by atoms with van der Waals surface area (Å²) in [5.41, 5.74) is 0.842. The van der Waals surface area contributed by atoms with Gasteiger partial charge < -0.3 is 14.8 Å². The molecule has 0 amide bonds. The number of methoxy groups -OCH3 is 1. The Balaban J connectivity index is 1.81. The summed E-state index contributed by atoms with van der Waals surface area (Å²) in [4.78, 5) is 9.31. The smallest absolute Gasteiger partial charge is 0.136 e. The molecule has 2 saturated heterocycles. The van der Waals surface area contributed by atoms with Crippen LogP contribution in [0.1, 0.15) is 51.6 Å². The second-order valence-corrected chi connectivity index (χ2v) is 7.11. The van der Waals surface area contributed by atoms with Gasteiger partial charge in [-0.25, -0.2) is 9.97 Å². The molecule has 0 radical (unpaired) electrons. The number of rotatable bonds is 4. The van der Waals surface area contributed by atoms with Crippen LogP contribution in [-0.2, 0) is 21.5 Å². The van der Waals surface area contributed by atoms with E-state index >= 15 is 0 Å². The second-order valence-electron chi connectivity index (χ2n) is 7.11. The Morgan fingerprint density at radius 1 is 1.33 bits per heavy atom. The Morgan fingerprint density at radius 2 is 2.14 bits per heavy atom. The highest BCUT2D eigenvalue weighted by Gasteiger charge is 2.40. The Kier molecular flexibility index (Phi) is 3.88. The molecule has 3 atom stereocenters. The molecule has 3 heterocycles. The largest absolute Gasteiger partial charge is 0.378 e. The maximum Gasteiger partial charge on any atom is 0.136 e. The van der Waals surface area contributed by atoms with E-state index in [1.807, 2.05) is 6.07 Å². The predicted octanol–water partition coefficient (Wildman–Crippen LogP) is 2.65. The van der Waals surface area contributed by atoms with Crippen LogP contribution in [0.2, 0.25) is 0 Å². The first-order chi connectivity index (χ1) is 9.95. The van der Waals surface area contributed by atoms with Crippen LogP contribution >= 0.6 is 0 Å². The highest BCUT2D eigenvalue weighted by Crippen LogP contribution is 2.36.